The van der Waals surface area contributed by atoms with Crippen LogP contribution in [0.3, 0.4) is 0 Å². The van der Waals surface area contributed by atoms with Crippen LogP contribution in [0, 0.1) is 33.3 Å². The molecule has 2 fully saturated rings. The maximum atomic E-state index is 11.1. The quantitative estimate of drug-likeness (QED) is 0.647. The molecular formula is C13H14N4O2. The summed E-state index contributed by atoms with van der Waals surface area (Å²) in [5, 5.41) is 23.1. The Kier molecular flexibility index (Phi) is 2.82. The van der Waals surface area contributed by atoms with Crippen LogP contribution >= 0.6 is 0 Å². The zero-order chi connectivity index (χ0) is 13.4. The van der Waals surface area contributed by atoms with E-state index in [1.54, 1.807) is 0 Å². The monoisotopic (exact) mass is 258 g/mol. The van der Waals surface area contributed by atoms with Crippen molar-refractivity contribution < 1.29 is 4.92 Å². The molecule has 0 saturated heterocycles. The van der Waals surface area contributed by atoms with Gasteiger partial charge in [0.15, 0.2) is 0 Å². The molecule has 1 aromatic heterocycles. The van der Waals surface area contributed by atoms with Gasteiger partial charge >= 0.3 is 5.69 Å². The summed E-state index contributed by atoms with van der Waals surface area (Å²) in [6.45, 7) is 0. The second kappa shape index (κ2) is 4.50. The summed E-state index contributed by atoms with van der Waals surface area (Å²) in [6.07, 6.45) is 6.15. The predicted molar refractivity (Wildman–Crippen MR) is 68.5 cm³/mol. The molecule has 2 saturated carbocycles. The van der Waals surface area contributed by atoms with Crippen LogP contribution in [0.1, 0.15) is 31.2 Å². The molecule has 1 N–H and O–H groups in total. The molecular weight excluding hydrogens is 244 g/mol. The maximum Gasteiger partial charge on any atom is 0.312 e. The lowest BCUT2D eigenvalue weighted by atomic mass is 10.1. The standard InChI is InChI=1S/C13H14N4O2/c14-6-8-5-11(17(18)19)13(15-7-8)16-12(9-1-2-9)10-3-4-10/h5,7,9-10,12H,1-4H2,(H,15,16). The molecule has 0 atom stereocenters. The highest BCUT2D eigenvalue weighted by Gasteiger charge is 2.42. The molecule has 6 nitrogen and oxygen atoms in total. The first-order valence-electron chi connectivity index (χ1n) is 6.50. The largest absolute Gasteiger partial charge is 0.361 e. The van der Waals surface area contributed by atoms with Gasteiger partial charge in [-0.15, -0.1) is 0 Å². The molecule has 0 aliphatic heterocycles. The van der Waals surface area contributed by atoms with E-state index in [1.807, 2.05) is 6.07 Å². The average molecular weight is 258 g/mol. The molecule has 1 aromatic rings. The van der Waals surface area contributed by atoms with Crippen molar-refractivity contribution in [2.45, 2.75) is 31.7 Å². The molecule has 0 amide bonds. The average Bonchev–Trinajstić information content (AvgIpc) is 3.29. The van der Waals surface area contributed by atoms with Gasteiger partial charge in [-0.1, -0.05) is 0 Å². The van der Waals surface area contributed by atoms with Crippen LogP contribution in [0.4, 0.5) is 11.5 Å². The van der Waals surface area contributed by atoms with Crippen LogP contribution in [0.25, 0.3) is 0 Å². The predicted octanol–water partition coefficient (Wildman–Crippen LogP) is 2.46. The zero-order valence-electron chi connectivity index (χ0n) is 10.4. The first-order valence-corrected chi connectivity index (χ1v) is 6.50. The van der Waals surface area contributed by atoms with Crippen LogP contribution in [0.15, 0.2) is 12.3 Å². The van der Waals surface area contributed by atoms with Crippen LogP contribution in [-0.2, 0) is 0 Å². The summed E-state index contributed by atoms with van der Waals surface area (Å²) < 4.78 is 0. The normalized spacial score (nSPS) is 18.1. The fourth-order valence-corrected chi connectivity index (χ4v) is 2.45. The summed E-state index contributed by atoms with van der Waals surface area (Å²) in [6, 6.07) is 3.47. The molecule has 3 rings (SSSR count). The van der Waals surface area contributed by atoms with E-state index < -0.39 is 4.92 Å². The van der Waals surface area contributed by atoms with E-state index in [0.29, 0.717) is 23.7 Å². The van der Waals surface area contributed by atoms with Gasteiger partial charge in [0.1, 0.15) is 6.07 Å². The van der Waals surface area contributed by atoms with E-state index >= 15 is 0 Å². The number of hydrogen-bond acceptors (Lipinski definition) is 5. The van der Waals surface area contributed by atoms with Gasteiger partial charge in [-0.3, -0.25) is 10.1 Å². The SMILES string of the molecule is N#Cc1cnc(NC(C2CC2)C2CC2)c([N+](=O)[O-])c1. The first kappa shape index (κ1) is 11.9. The molecule has 6 heteroatoms. The molecule has 0 bridgehead atoms. The Morgan fingerprint density at radius 1 is 1.42 bits per heavy atom. The van der Waals surface area contributed by atoms with Crippen molar-refractivity contribution in [3.8, 4) is 6.07 Å². The molecule has 0 aromatic carbocycles. The van der Waals surface area contributed by atoms with Crippen molar-refractivity contribution in [1.82, 2.24) is 4.98 Å². The summed E-state index contributed by atoms with van der Waals surface area (Å²) in [4.78, 5) is 14.6. The van der Waals surface area contributed by atoms with Crippen LogP contribution < -0.4 is 5.32 Å². The minimum Gasteiger partial charge on any atom is -0.361 e. The highest BCUT2D eigenvalue weighted by atomic mass is 16.6. The molecule has 98 valence electrons. The van der Waals surface area contributed by atoms with E-state index in [-0.39, 0.29) is 11.3 Å². The fourth-order valence-electron chi connectivity index (χ4n) is 2.45. The number of aromatic nitrogens is 1. The van der Waals surface area contributed by atoms with E-state index in [1.165, 1.54) is 37.9 Å². The van der Waals surface area contributed by atoms with E-state index in [2.05, 4.69) is 10.3 Å². The molecule has 0 unspecified atom stereocenters. The number of nitro groups is 1. The zero-order valence-corrected chi connectivity index (χ0v) is 10.4. The molecule has 2 aliphatic rings. The lowest BCUT2D eigenvalue weighted by Crippen LogP contribution is -2.25. The van der Waals surface area contributed by atoms with Gasteiger partial charge in [0.25, 0.3) is 0 Å². The van der Waals surface area contributed by atoms with Crippen molar-refractivity contribution >= 4 is 11.5 Å². The number of nitrogens with one attached hydrogen (secondary N) is 1. The second-order valence-corrected chi connectivity index (χ2v) is 5.31. The molecule has 0 radical (unpaired) electrons. The van der Waals surface area contributed by atoms with Crippen molar-refractivity contribution in [1.29, 1.82) is 5.26 Å². The summed E-state index contributed by atoms with van der Waals surface area (Å²) >= 11 is 0. The van der Waals surface area contributed by atoms with Crippen molar-refractivity contribution in [2.75, 3.05) is 5.32 Å². The van der Waals surface area contributed by atoms with Crippen molar-refractivity contribution in [3.05, 3.63) is 27.9 Å². The highest BCUT2D eigenvalue weighted by molar-refractivity contribution is 5.59. The van der Waals surface area contributed by atoms with Gasteiger partial charge < -0.3 is 5.32 Å². The van der Waals surface area contributed by atoms with Gasteiger partial charge in [-0.25, -0.2) is 4.98 Å². The second-order valence-electron chi connectivity index (χ2n) is 5.31. The lowest BCUT2D eigenvalue weighted by Gasteiger charge is -2.18. The van der Waals surface area contributed by atoms with Gasteiger partial charge in [-0.2, -0.15) is 5.26 Å². The minimum atomic E-state index is -0.479. The molecule has 1 heterocycles. The summed E-state index contributed by atoms with van der Waals surface area (Å²) in [5.41, 5.74) is 0.108. The van der Waals surface area contributed by atoms with E-state index in [0.717, 1.165) is 0 Å². The number of nitriles is 1. The van der Waals surface area contributed by atoms with Gasteiger partial charge in [0, 0.05) is 18.3 Å². The number of rotatable bonds is 5. The van der Waals surface area contributed by atoms with Gasteiger partial charge in [0.05, 0.1) is 10.5 Å². The first-order chi connectivity index (χ1) is 9.19. The fraction of sp³-hybridized carbons (Fsp3) is 0.538. The van der Waals surface area contributed by atoms with E-state index in [9.17, 15) is 10.1 Å². The third-order valence-corrected chi connectivity index (χ3v) is 3.76. The molecule has 0 spiro atoms. The number of hydrogen-bond donors (Lipinski definition) is 1. The minimum absolute atomic E-state index is 0.106. The van der Waals surface area contributed by atoms with Gasteiger partial charge in [-0.05, 0) is 37.5 Å². The smallest absolute Gasteiger partial charge is 0.312 e. The third kappa shape index (κ3) is 2.50. The molecule has 19 heavy (non-hydrogen) atoms. The summed E-state index contributed by atoms with van der Waals surface area (Å²) in [5.74, 6) is 1.56. The van der Waals surface area contributed by atoms with Crippen molar-refractivity contribution in [2.24, 2.45) is 11.8 Å². The Morgan fingerprint density at radius 2 is 2.05 bits per heavy atom. The Bertz CT molecular complexity index is 546. The van der Waals surface area contributed by atoms with Crippen LogP contribution in [0.5, 0.6) is 0 Å². The van der Waals surface area contributed by atoms with Gasteiger partial charge in [0.2, 0.25) is 5.82 Å². The Balaban J connectivity index is 1.86. The Morgan fingerprint density at radius 3 is 2.53 bits per heavy atom. The van der Waals surface area contributed by atoms with Crippen LogP contribution in [0.2, 0.25) is 0 Å². The lowest BCUT2D eigenvalue weighted by molar-refractivity contribution is -0.384. The van der Waals surface area contributed by atoms with Crippen molar-refractivity contribution in [3.63, 3.8) is 0 Å². The Labute approximate surface area is 110 Å². The Hall–Kier alpha value is -2.16. The number of anilines is 1. The number of nitrogens with zero attached hydrogens (tertiary/aromatic N) is 3. The number of pyridine rings is 1. The third-order valence-electron chi connectivity index (χ3n) is 3.76. The maximum absolute atomic E-state index is 11.1. The topological polar surface area (TPSA) is 91.8 Å². The highest BCUT2D eigenvalue weighted by Crippen LogP contribution is 2.46. The van der Waals surface area contributed by atoms with E-state index in [4.69, 9.17) is 5.26 Å². The molecule has 2 aliphatic carbocycles. The van der Waals surface area contributed by atoms with Crippen LogP contribution in [-0.4, -0.2) is 15.9 Å². The summed E-state index contributed by atoms with van der Waals surface area (Å²) in [7, 11) is 0.